The number of likely N-dealkylation sites (tertiary alicyclic amines) is 2. The average molecular weight is 592 g/mol. The topological polar surface area (TPSA) is 109 Å². The van der Waals surface area contributed by atoms with E-state index in [1.54, 1.807) is 29.6 Å². The molecule has 3 N–H and O–H groups in total. The van der Waals surface area contributed by atoms with Crippen molar-refractivity contribution in [2.75, 3.05) is 31.9 Å². The number of hydrogen-bond acceptors (Lipinski definition) is 6. The van der Waals surface area contributed by atoms with Gasteiger partial charge in [0.25, 0.3) is 17.8 Å². The van der Waals surface area contributed by atoms with E-state index in [4.69, 9.17) is 5.73 Å². The fourth-order valence-electron chi connectivity index (χ4n) is 5.80. The van der Waals surface area contributed by atoms with Gasteiger partial charge < -0.3 is 16.0 Å². The number of aromatic nitrogens is 3. The standard InChI is InChI=1S/C28H30F5N7O2/c1-15-2-3-16(8-18(15)25(41)37-21-13-39(12-20(21)29)26(42)19-10-28(19,32)33)22-9-17(23-24(34)35-14-36-40(22)23)11-38-6-4-27(30,31)5-7-38/h2-3,8-9,14,19-21H,4-7,10-13H2,1H3,(H,37,41)(H2,34,35,36)/t19?,20-,21+/m0/s1. The molecule has 1 aromatic carbocycles. The van der Waals surface area contributed by atoms with Crippen molar-refractivity contribution in [2.45, 2.75) is 56.8 Å². The Bertz CT molecular complexity index is 1550. The molecule has 2 saturated heterocycles. The van der Waals surface area contributed by atoms with Crippen LogP contribution in [-0.4, -0.2) is 86.4 Å². The number of carbonyl (C=O) groups is 2. The summed E-state index contributed by atoms with van der Waals surface area (Å²) in [5.74, 6) is -8.30. The van der Waals surface area contributed by atoms with E-state index in [0.29, 0.717) is 28.9 Å². The molecule has 0 radical (unpaired) electrons. The van der Waals surface area contributed by atoms with E-state index in [-0.39, 0.29) is 50.4 Å². The zero-order valence-corrected chi connectivity index (χ0v) is 22.8. The largest absolute Gasteiger partial charge is 0.382 e. The van der Waals surface area contributed by atoms with E-state index in [0.717, 1.165) is 10.5 Å². The van der Waals surface area contributed by atoms with E-state index >= 15 is 0 Å². The van der Waals surface area contributed by atoms with Gasteiger partial charge in [-0.25, -0.2) is 31.5 Å². The van der Waals surface area contributed by atoms with Gasteiger partial charge in [-0.3, -0.25) is 14.5 Å². The number of hydrogen-bond donors (Lipinski definition) is 2. The lowest BCUT2D eigenvalue weighted by molar-refractivity contribution is -0.134. The van der Waals surface area contributed by atoms with Gasteiger partial charge in [-0.1, -0.05) is 12.1 Å². The Morgan fingerprint density at radius 1 is 1.12 bits per heavy atom. The number of nitrogens with zero attached hydrogens (tertiary/aromatic N) is 5. The quantitative estimate of drug-likeness (QED) is 0.426. The highest BCUT2D eigenvalue weighted by molar-refractivity contribution is 5.97. The number of anilines is 1. The molecular formula is C28H30F5N7O2. The number of piperidine rings is 1. The molecule has 3 fully saturated rings. The van der Waals surface area contributed by atoms with Gasteiger partial charge in [-0.2, -0.15) is 5.10 Å². The highest BCUT2D eigenvalue weighted by atomic mass is 19.3. The smallest absolute Gasteiger partial charge is 0.260 e. The summed E-state index contributed by atoms with van der Waals surface area (Å²) in [7, 11) is 0. The van der Waals surface area contributed by atoms with Gasteiger partial charge >= 0.3 is 0 Å². The second-order valence-corrected chi connectivity index (χ2v) is 11.5. The van der Waals surface area contributed by atoms with Gasteiger partial charge in [-0.15, -0.1) is 0 Å². The van der Waals surface area contributed by atoms with Crippen LogP contribution in [0.1, 0.15) is 40.7 Å². The van der Waals surface area contributed by atoms with Crippen LogP contribution in [-0.2, 0) is 11.3 Å². The summed E-state index contributed by atoms with van der Waals surface area (Å²) in [6, 6.07) is 5.95. The van der Waals surface area contributed by atoms with Crippen LogP contribution >= 0.6 is 0 Å². The molecule has 3 atom stereocenters. The zero-order chi connectivity index (χ0) is 30.0. The lowest BCUT2D eigenvalue weighted by atomic mass is 10.0. The van der Waals surface area contributed by atoms with Crippen molar-refractivity contribution in [3.8, 4) is 11.3 Å². The summed E-state index contributed by atoms with van der Waals surface area (Å²) >= 11 is 0. The van der Waals surface area contributed by atoms with Crippen LogP contribution in [0.2, 0.25) is 0 Å². The Kier molecular flexibility index (Phi) is 6.86. The third kappa shape index (κ3) is 5.27. The van der Waals surface area contributed by atoms with Crippen LogP contribution in [0, 0.1) is 12.8 Å². The SMILES string of the molecule is Cc1ccc(-c2cc(CN3CCC(F)(F)CC3)c3c(N)ncnn23)cc1C(=O)N[C@@H]1CN(C(=O)C2CC2(F)F)C[C@@H]1F. The maximum atomic E-state index is 14.8. The first-order chi connectivity index (χ1) is 19.8. The number of halogens is 5. The van der Waals surface area contributed by atoms with Crippen molar-refractivity contribution >= 4 is 23.1 Å². The Labute approximate surface area is 237 Å². The van der Waals surface area contributed by atoms with Crippen molar-refractivity contribution in [3.05, 3.63) is 47.3 Å². The number of carbonyl (C=O) groups excluding carboxylic acids is 2. The van der Waals surface area contributed by atoms with Crippen LogP contribution in [0.15, 0.2) is 30.6 Å². The minimum atomic E-state index is -3.05. The first-order valence-corrected chi connectivity index (χ1v) is 13.8. The molecule has 9 nitrogen and oxygen atoms in total. The maximum Gasteiger partial charge on any atom is 0.260 e. The third-order valence-electron chi connectivity index (χ3n) is 8.42. The lowest BCUT2D eigenvalue weighted by Gasteiger charge is -2.31. The molecule has 1 saturated carbocycles. The van der Waals surface area contributed by atoms with Crippen molar-refractivity contribution in [1.29, 1.82) is 0 Å². The molecule has 14 heteroatoms. The monoisotopic (exact) mass is 591 g/mol. The van der Waals surface area contributed by atoms with Crippen LogP contribution in [0.4, 0.5) is 27.8 Å². The van der Waals surface area contributed by atoms with Gasteiger partial charge in [0.15, 0.2) is 5.82 Å². The van der Waals surface area contributed by atoms with Crippen molar-refractivity contribution in [3.63, 3.8) is 0 Å². The Morgan fingerprint density at radius 3 is 2.52 bits per heavy atom. The van der Waals surface area contributed by atoms with Gasteiger partial charge in [0.2, 0.25) is 5.91 Å². The Morgan fingerprint density at radius 2 is 1.83 bits per heavy atom. The number of aryl methyl sites for hydroxylation is 1. The molecule has 2 aromatic heterocycles. The van der Waals surface area contributed by atoms with Crippen molar-refractivity contribution in [2.24, 2.45) is 5.92 Å². The zero-order valence-electron chi connectivity index (χ0n) is 22.8. The molecule has 224 valence electrons. The minimum absolute atomic E-state index is 0.192. The number of fused-ring (bicyclic) bond motifs is 1. The Hall–Kier alpha value is -3.81. The molecule has 0 spiro atoms. The van der Waals surface area contributed by atoms with Crippen LogP contribution in [0.25, 0.3) is 16.8 Å². The summed E-state index contributed by atoms with van der Waals surface area (Å²) in [5.41, 5.74) is 9.54. The molecule has 2 aliphatic heterocycles. The molecule has 1 unspecified atom stereocenters. The number of benzene rings is 1. The van der Waals surface area contributed by atoms with E-state index in [1.165, 1.54) is 6.33 Å². The van der Waals surface area contributed by atoms with Gasteiger partial charge in [-0.05, 0) is 30.2 Å². The highest BCUT2D eigenvalue weighted by Crippen LogP contribution is 2.49. The molecule has 42 heavy (non-hydrogen) atoms. The number of alkyl halides is 5. The lowest BCUT2D eigenvalue weighted by Crippen LogP contribution is -2.42. The van der Waals surface area contributed by atoms with E-state index in [2.05, 4.69) is 15.4 Å². The molecule has 4 heterocycles. The maximum absolute atomic E-state index is 14.8. The van der Waals surface area contributed by atoms with E-state index in [1.807, 2.05) is 11.0 Å². The number of nitrogens with two attached hydrogens (primary N) is 1. The van der Waals surface area contributed by atoms with Crippen molar-refractivity contribution < 1.29 is 31.5 Å². The second kappa shape index (κ2) is 10.2. The Balaban J connectivity index is 1.23. The van der Waals surface area contributed by atoms with E-state index < -0.39 is 48.2 Å². The summed E-state index contributed by atoms with van der Waals surface area (Å²) in [6.07, 6.45) is -1.30. The third-order valence-corrected chi connectivity index (χ3v) is 8.42. The highest BCUT2D eigenvalue weighted by Gasteiger charge is 2.63. The molecule has 2 amide bonds. The molecule has 3 aliphatic rings. The summed E-state index contributed by atoms with van der Waals surface area (Å²) < 4.78 is 70.5. The summed E-state index contributed by atoms with van der Waals surface area (Å²) in [4.78, 5) is 32.7. The molecule has 0 bridgehead atoms. The molecule has 6 rings (SSSR count). The summed E-state index contributed by atoms with van der Waals surface area (Å²) in [5, 5.41) is 6.97. The predicted octanol–water partition coefficient (Wildman–Crippen LogP) is 3.45. The van der Waals surface area contributed by atoms with Gasteiger partial charge in [0, 0.05) is 56.6 Å². The van der Waals surface area contributed by atoms with Crippen molar-refractivity contribution in [1.82, 2.24) is 29.7 Å². The van der Waals surface area contributed by atoms with Gasteiger partial charge in [0.1, 0.15) is 23.9 Å². The average Bonchev–Trinajstić information content (AvgIpc) is 3.22. The predicted molar refractivity (Wildman–Crippen MR) is 143 cm³/mol. The number of amides is 2. The second-order valence-electron chi connectivity index (χ2n) is 11.5. The molecule has 1 aliphatic carbocycles. The number of rotatable bonds is 6. The normalized spacial score (nSPS) is 25.1. The fourth-order valence-corrected chi connectivity index (χ4v) is 5.80. The first kappa shape index (κ1) is 28.3. The molecule has 3 aromatic rings. The van der Waals surface area contributed by atoms with Crippen LogP contribution < -0.4 is 11.1 Å². The molecular weight excluding hydrogens is 561 g/mol. The summed E-state index contributed by atoms with van der Waals surface area (Å²) in [6.45, 7) is 1.99. The number of nitrogen functional groups attached to an aromatic ring is 1. The van der Waals surface area contributed by atoms with Crippen LogP contribution in [0.5, 0.6) is 0 Å². The number of nitrogens with one attached hydrogen (secondary N) is 1. The fraction of sp³-hybridized carbons (Fsp3) is 0.500. The van der Waals surface area contributed by atoms with Gasteiger partial charge in [0.05, 0.1) is 18.3 Å². The first-order valence-electron chi connectivity index (χ1n) is 13.8. The van der Waals surface area contributed by atoms with E-state index in [9.17, 15) is 31.5 Å². The van der Waals surface area contributed by atoms with Crippen LogP contribution in [0.3, 0.4) is 0 Å². The minimum Gasteiger partial charge on any atom is -0.382 e.